The molecule has 90 valence electrons. The summed E-state index contributed by atoms with van der Waals surface area (Å²) in [5.41, 5.74) is 1.44. The average Bonchev–Trinajstić information content (AvgIpc) is 2.32. The molecule has 1 rings (SSSR count). The Balaban J connectivity index is 2.77. The van der Waals surface area contributed by atoms with Crippen LogP contribution < -0.4 is 0 Å². The first-order valence-corrected chi connectivity index (χ1v) is 7.82. The quantitative estimate of drug-likeness (QED) is 0.553. The van der Waals surface area contributed by atoms with Crippen LogP contribution in [-0.2, 0) is 8.85 Å². The summed E-state index contributed by atoms with van der Waals surface area (Å²) < 4.78 is 11.4. The molecule has 0 aliphatic carbocycles. The Hall–Kier alpha value is -0.353. The van der Waals surface area contributed by atoms with Crippen LogP contribution in [0.4, 0.5) is 0 Å². The molecule has 1 aromatic rings. The van der Waals surface area contributed by atoms with Gasteiger partial charge in [-0.05, 0) is 19.4 Å². The number of benzene rings is 1. The first-order valence-electron chi connectivity index (χ1n) is 5.67. The predicted molar refractivity (Wildman–Crippen MR) is 70.3 cm³/mol. The predicted octanol–water partition coefficient (Wildman–Crippen LogP) is 2.84. The lowest BCUT2D eigenvalue weighted by molar-refractivity contribution is 0.206. The van der Waals surface area contributed by atoms with Crippen molar-refractivity contribution >= 4 is 20.9 Å². The van der Waals surface area contributed by atoms with Gasteiger partial charge in [-0.25, -0.2) is 0 Å². The van der Waals surface area contributed by atoms with Crippen molar-refractivity contribution in [2.24, 2.45) is 0 Å². The lowest BCUT2D eigenvalue weighted by Gasteiger charge is -2.23. The van der Waals surface area contributed by atoms with E-state index < -0.39 is 9.28 Å². The molecule has 0 N–H and O–H groups in total. The largest absolute Gasteiger partial charge is 0.396 e. The van der Waals surface area contributed by atoms with E-state index in [4.69, 9.17) is 20.5 Å². The molecule has 0 fully saturated rings. The number of hydrogen-bond donors (Lipinski definition) is 0. The Labute approximate surface area is 104 Å². The van der Waals surface area contributed by atoms with Gasteiger partial charge in [0.1, 0.15) is 0 Å². The maximum absolute atomic E-state index is 6.04. The molecule has 0 aliphatic rings. The van der Waals surface area contributed by atoms with Crippen molar-refractivity contribution in [2.75, 3.05) is 19.1 Å². The lowest BCUT2D eigenvalue weighted by Crippen LogP contribution is -2.32. The van der Waals surface area contributed by atoms with E-state index in [0.717, 1.165) is 0 Å². The molecule has 2 nitrogen and oxygen atoms in total. The summed E-state index contributed by atoms with van der Waals surface area (Å²) in [6.07, 6.45) is 0. The second kappa shape index (κ2) is 7.85. The van der Waals surface area contributed by atoms with Crippen molar-refractivity contribution in [3.05, 3.63) is 35.9 Å². The fourth-order valence-electron chi connectivity index (χ4n) is 1.63. The van der Waals surface area contributed by atoms with E-state index in [1.165, 1.54) is 5.56 Å². The van der Waals surface area contributed by atoms with Crippen LogP contribution in [0.1, 0.15) is 25.0 Å². The van der Waals surface area contributed by atoms with E-state index >= 15 is 0 Å². The monoisotopic (exact) mass is 258 g/mol. The first kappa shape index (κ1) is 13.7. The Bertz CT molecular complexity index is 276. The number of alkyl halides is 1. The van der Waals surface area contributed by atoms with Crippen LogP contribution in [0.25, 0.3) is 0 Å². The molecule has 16 heavy (non-hydrogen) atoms. The molecule has 1 unspecified atom stereocenters. The van der Waals surface area contributed by atoms with Crippen LogP contribution in [0.5, 0.6) is 0 Å². The minimum Gasteiger partial charge on any atom is -0.396 e. The molecular formula is C12H19ClO2Si. The smallest absolute Gasteiger partial charge is 0.330 e. The maximum Gasteiger partial charge on any atom is 0.330 e. The zero-order valence-electron chi connectivity index (χ0n) is 9.86. The van der Waals surface area contributed by atoms with E-state index in [1.807, 2.05) is 32.0 Å². The van der Waals surface area contributed by atoms with Crippen LogP contribution in [0.2, 0.25) is 0 Å². The van der Waals surface area contributed by atoms with Crippen molar-refractivity contribution in [1.82, 2.24) is 0 Å². The fourth-order valence-corrected chi connectivity index (χ4v) is 4.14. The van der Waals surface area contributed by atoms with Gasteiger partial charge < -0.3 is 8.85 Å². The van der Waals surface area contributed by atoms with Gasteiger partial charge in [-0.2, -0.15) is 0 Å². The fraction of sp³-hybridized carbons (Fsp3) is 0.500. The standard InChI is InChI=1S/C12H19ClO2Si/c1-3-14-16(15-4-2)12(10-13)11-8-6-5-7-9-11/h5-9,12,16H,3-4,10H2,1-2H3. The van der Waals surface area contributed by atoms with Gasteiger partial charge in [-0.15, -0.1) is 11.6 Å². The van der Waals surface area contributed by atoms with E-state index in [0.29, 0.717) is 19.1 Å². The first-order chi connectivity index (χ1) is 7.83. The molecule has 0 heterocycles. The minimum absolute atomic E-state index is 0.225. The highest BCUT2D eigenvalue weighted by atomic mass is 35.5. The summed E-state index contributed by atoms with van der Waals surface area (Å²) >= 11 is 6.04. The van der Waals surface area contributed by atoms with E-state index in [-0.39, 0.29) is 5.54 Å². The van der Waals surface area contributed by atoms with Crippen LogP contribution in [-0.4, -0.2) is 28.4 Å². The van der Waals surface area contributed by atoms with Gasteiger partial charge in [0.2, 0.25) is 0 Å². The third-order valence-corrected chi connectivity index (χ3v) is 5.62. The van der Waals surface area contributed by atoms with Crippen LogP contribution in [0.3, 0.4) is 0 Å². The third-order valence-electron chi connectivity index (χ3n) is 2.38. The molecule has 0 aliphatic heterocycles. The zero-order valence-corrected chi connectivity index (χ0v) is 11.8. The highest BCUT2D eigenvalue weighted by molar-refractivity contribution is 6.48. The Kier molecular flexibility index (Phi) is 6.72. The van der Waals surface area contributed by atoms with Gasteiger partial charge in [0.15, 0.2) is 0 Å². The number of hydrogen-bond acceptors (Lipinski definition) is 2. The SMILES string of the molecule is CCO[SiH](OCC)C(CCl)c1ccccc1. The van der Waals surface area contributed by atoms with Crippen molar-refractivity contribution in [3.8, 4) is 0 Å². The van der Waals surface area contributed by atoms with Crippen molar-refractivity contribution in [3.63, 3.8) is 0 Å². The lowest BCUT2D eigenvalue weighted by atomic mass is 10.2. The maximum atomic E-state index is 6.04. The number of halogens is 1. The highest BCUT2D eigenvalue weighted by Crippen LogP contribution is 2.21. The molecule has 0 saturated heterocycles. The Morgan fingerprint density at radius 3 is 2.12 bits per heavy atom. The van der Waals surface area contributed by atoms with Crippen LogP contribution in [0, 0.1) is 0 Å². The van der Waals surface area contributed by atoms with Gasteiger partial charge in [0.05, 0.1) is 0 Å². The second-order valence-corrected chi connectivity index (χ2v) is 5.97. The summed E-state index contributed by atoms with van der Waals surface area (Å²) in [6.45, 7) is 5.37. The Morgan fingerprint density at radius 1 is 1.12 bits per heavy atom. The molecule has 0 saturated carbocycles. The van der Waals surface area contributed by atoms with Gasteiger partial charge in [0, 0.05) is 24.6 Å². The summed E-state index contributed by atoms with van der Waals surface area (Å²) in [5.74, 6) is 0.556. The van der Waals surface area contributed by atoms with E-state index in [1.54, 1.807) is 0 Å². The van der Waals surface area contributed by atoms with E-state index in [2.05, 4.69) is 12.1 Å². The summed E-state index contributed by atoms with van der Waals surface area (Å²) in [6, 6.07) is 10.2. The zero-order chi connectivity index (χ0) is 11.8. The highest BCUT2D eigenvalue weighted by Gasteiger charge is 2.26. The molecular weight excluding hydrogens is 240 g/mol. The summed E-state index contributed by atoms with van der Waals surface area (Å²) in [4.78, 5) is 0. The van der Waals surface area contributed by atoms with Gasteiger partial charge in [-0.1, -0.05) is 30.3 Å². The van der Waals surface area contributed by atoms with Crippen molar-refractivity contribution in [1.29, 1.82) is 0 Å². The third kappa shape index (κ3) is 3.90. The average molecular weight is 259 g/mol. The molecule has 0 bridgehead atoms. The van der Waals surface area contributed by atoms with Gasteiger partial charge in [0.25, 0.3) is 0 Å². The minimum atomic E-state index is -1.71. The topological polar surface area (TPSA) is 18.5 Å². The summed E-state index contributed by atoms with van der Waals surface area (Å²) in [5, 5.41) is 0. The normalized spacial score (nSPS) is 13.0. The number of rotatable bonds is 7. The molecule has 1 aromatic carbocycles. The van der Waals surface area contributed by atoms with Gasteiger partial charge >= 0.3 is 9.28 Å². The van der Waals surface area contributed by atoms with Crippen LogP contribution in [0.15, 0.2) is 30.3 Å². The van der Waals surface area contributed by atoms with E-state index in [9.17, 15) is 0 Å². The molecule has 0 radical (unpaired) electrons. The van der Waals surface area contributed by atoms with Gasteiger partial charge in [-0.3, -0.25) is 0 Å². The molecule has 1 atom stereocenters. The molecule has 0 aromatic heterocycles. The van der Waals surface area contributed by atoms with Crippen molar-refractivity contribution in [2.45, 2.75) is 19.4 Å². The molecule has 0 spiro atoms. The summed E-state index contributed by atoms with van der Waals surface area (Å²) in [7, 11) is -1.71. The molecule has 4 heteroatoms. The molecule has 0 amide bonds. The second-order valence-electron chi connectivity index (χ2n) is 3.45. The van der Waals surface area contributed by atoms with Crippen molar-refractivity contribution < 1.29 is 8.85 Å². The Morgan fingerprint density at radius 2 is 1.69 bits per heavy atom. The van der Waals surface area contributed by atoms with Crippen LogP contribution >= 0.6 is 11.6 Å².